The van der Waals surface area contributed by atoms with Crippen LogP contribution in [0, 0.1) is 12.8 Å². The lowest BCUT2D eigenvalue weighted by atomic mass is 9.83. The minimum absolute atomic E-state index is 0.199. The summed E-state index contributed by atoms with van der Waals surface area (Å²) in [4.78, 5) is 0.199. The SMILES string of the molecule is C=C(C)[C@@H]1C=CC(C)(OS(=O)(=O)c2ccc(C)cc2)CC1. The summed E-state index contributed by atoms with van der Waals surface area (Å²) in [5.41, 5.74) is 1.33. The standard InChI is InChI=1S/C17H22O3S/c1-13(2)15-9-11-17(4,12-10-15)20-21(18,19)16-7-5-14(3)6-8-16/h5-9,11,15H,1,10,12H2,2-4H3/t15-,17?/m1/s1. The first-order valence-electron chi connectivity index (χ1n) is 7.09. The summed E-state index contributed by atoms with van der Waals surface area (Å²) >= 11 is 0. The molecule has 0 heterocycles. The summed E-state index contributed by atoms with van der Waals surface area (Å²) in [5.74, 6) is 0.309. The maximum atomic E-state index is 12.4. The third-order valence-electron chi connectivity index (χ3n) is 3.88. The highest BCUT2D eigenvalue weighted by molar-refractivity contribution is 7.86. The van der Waals surface area contributed by atoms with Crippen LogP contribution in [-0.4, -0.2) is 14.0 Å². The summed E-state index contributed by atoms with van der Waals surface area (Å²) in [5, 5.41) is 0. The van der Waals surface area contributed by atoms with Crippen molar-refractivity contribution >= 4 is 10.1 Å². The van der Waals surface area contributed by atoms with Gasteiger partial charge in [-0.25, -0.2) is 0 Å². The second-order valence-corrected chi connectivity index (χ2v) is 7.56. The van der Waals surface area contributed by atoms with Gasteiger partial charge in [0.05, 0.1) is 4.90 Å². The van der Waals surface area contributed by atoms with Gasteiger partial charge in [-0.1, -0.05) is 42.0 Å². The van der Waals surface area contributed by atoms with E-state index in [-0.39, 0.29) is 4.90 Å². The zero-order chi connectivity index (χ0) is 15.7. The van der Waals surface area contributed by atoms with Crippen LogP contribution in [0.3, 0.4) is 0 Å². The Labute approximate surface area is 127 Å². The zero-order valence-corrected chi connectivity index (χ0v) is 13.6. The van der Waals surface area contributed by atoms with Crippen LogP contribution in [0.2, 0.25) is 0 Å². The fourth-order valence-corrected chi connectivity index (χ4v) is 3.63. The number of allylic oxidation sites excluding steroid dienone is 2. The predicted molar refractivity (Wildman–Crippen MR) is 84.5 cm³/mol. The molecule has 114 valence electrons. The molecule has 0 saturated carbocycles. The zero-order valence-electron chi connectivity index (χ0n) is 12.8. The summed E-state index contributed by atoms with van der Waals surface area (Å²) < 4.78 is 30.2. The monoisotopic (exact) mass is 306 g/mol. The number of benzene rings is 1. The van der Waals surface area contributed by atoms with E-state index >= 15 is 0 Å². The van der Waals surface area contributed by atoms with E-state index in [9.17, 15) is 8.42 Å². The predicted octanol–water partition coefficient (Wildman–Crippen LogP) is 4.00. The van der Waals surface area contributed by atoms with Crippen molar-refractivity contribution in [2.75, 3.05) is 0 Å². The van der Waals surface area contributed by atoms with Crippen LogP contribution in [0.1, 0.15) is 32.3 Å². The van der Waals surface area contributed by atoms with Crippen molar-refractivity contribution in [2.24, 2.45) is 5.92 Å². The smallest absolute Gasteiger partial charge is 0.256 e. The van der Waals surface area contributed by atoms with E-state index in [1.807, 2.05) is 32.9 Å². The maximum Gasteiger partial charge on any atom is 0.297 e. The first-order chi connectivity index (χ1) is 9.72. The highest BCUT2D eigenvalue weighted by atomic mass is 32.2. The number of hydrogen-bond acceptors (Lipinski definition) is 3. The Morgan fingerprint density at radius 1 is 1.33 bits per heavy atom. The van der Waals surface area contributed by atoms with Gasteiger partial charge in [0.15, 0.2) is 0 Å². The fourth-order valence-electron chi connectivity index (χ4n) is 2.43. The molecule has 1 aromatic rings. The van der Waals surface area contributed by atoms with Crippen molar-refractivity contribution < 1.29 is 12.6 Å². The van der Waals surface area contributed by atoms with Gasteiger partial charge in [-0.2, -0.15) is 8.42 Å². The maximum absolute atomic E-state index is 12.4. The van der Waals surface area contributed by atoms with E-state index in [1.54, 1.807) is 24.3 Å². The van der Waals surface area contributed by atoms with Gasteiger partial charge in [0.2, 0.25) is 0 Å². The summed E-state index contributed by atoms with van der Waals surface area (Å²) in [6, 6.07) is 6.70. The molecule has 2 atom stereocenters. The lowest BCUT2D eigenvalue weighted by molar-refractivity contribution is 0.126. The molecule has 0 saturated heterocycles. The molecule has 0 aliphatic heterocycles. The van der Waals surface area contributed by atoms with E-state index in [2.05, 4.69) is 6.58 Å². The van der Waals surface area contributed by atoms with E-state index in [0.29, 0.717) is 12.3 Å². The van der Waals surface area contributed by atoms with Gasteiger partial charge in [-0.15, -0.1) is 0 Å². The van der Waals surface area contributed by atoms with Gasteiger partial charge in [-0.05, 0) is 51.7 Å². The van der Waals surface area contributed by atoms with E-state index in [4.69, 9.17) is 4.18 Å². The van der Waals surface area contributed by atoms with Gasteiger partial charge >= 0.3 is 0 Å². The highest BCUT2D eigenvalue weighted by Crippen LogP contribution is 2.34. The molecule has 4 heteroatoms. The average molecular weight is 306 g/mol. The van der Waals surface area contributed by atoms with E-state index in [1.165, 1.54) is 0 Å². The summed E-state index contributed by atoms with van der Waals surface area (Å²) in [6.07, 6.45) is 5.36. The van der Waals surface area contributed by atoms with Crippen LogP contribution in [0.15, 0.2) is 53.5 Å². The molecular weight excluding hydrogens is 284 g/mol. The van der Waals surface area contributed by atoms with Crippen molar-refractivity contribution in [1.82, 2.24) is 0 Å². The Hall–Kier alpha value is -1.39. The van der Waals surface area contributed by atoms with E-state index in [0.717, 1.165) is 17.6 Å². The van der Waals surface area contributed by atoms with Crippen LogP contribution in [-0.2, 0) is 14.3 Å². The van der Waals surface area contributed by atoms with Crippen molar-refractivity contribution in [1.29, 1.82) is 0 Å². The van der Waals surface area contributed by atoms with Gasteiger partial charge in [0, 0.05) is 0 Å². The quantitative estimate of drug-likeness (QED) is 0.624. The molecule has 3 nitrogen and oxygen atoms in total. The van der Waals surface area contributed by atoms with Crippen LogP contribution in [0.5, 0.6) is 0 Å². The lowest BCUT2D eigenvalue weighted by Gasteiger charge is -2.31. The largest absolute Gasteiger partial charge is 0.297 e. The number of rotatable bonds is 4. The van der Waals surface area contributed by atoms with Gasteiger partial charge < -0.3 is 0 Å². The molecule has 0 radical (unpaired) electrons. The summed E-state index contributed by atoms with van der Waals surface area (Å²) in [6.45, 7) is 9.66. The van der Waals surface area contributed by atoms with Gasteiger partial charge in [0.1, 0.15) is 5.60 Å². The molecule has 1 aromatic carbocycles. The molecule has 1 unspecified atom stereocenters. The number of hydrogen-bond donors (Lipinski definition) is 0. The molecule has 1 aliphatic carbocycles. The first-order valence-corrected chi connectivity index (χ1v) is 8.50. The molecule has 0 N–H and O–H groups in total. The Bertz CT molecular complexity index is 656. The fraction of sp³-hybridized carbons (Fsp3) is 0.412. The first kappa shape index (κ1) is 16.0. The molecule has 0 amide bonds. The van der Waals surface area contributed by atoms with E-state index < -0.39 is 15.7 Å². The van der Waals surface area contributed by atoms with Crippen LogP contribution in [0.4, 0.5) is 0 Å². The molecule has 0 aromatic heterocycles. The molecule has 0 fully saturated rings. The molecule has 2 rings (SSSR count). The molecule has 1 aliphatic rings. The normalized spacial score (nSPS) is 25.8. The number of aryl methyl sites for hydroxylation is 1. The Balaban J connectivity index is 2.19. The highest BCUT2D eigenvalue weighted by Gasteiger charge is 2.33. The van der Waals surface area contributed by atoms with Crippen molar-refractivity contribution in [3.8, 4) is 0 Å². The van der Waals surface area contributed by atoms with Crippen LogP contribution in [0.25, 0.3) is 0 Å². The Morgan fingerprint density at radius 3 is 2.43 bits per heavy atom. The van der Waals surface area contributed by atoms with Crippen LogP contribution < -0.4 is 0 Å². The van der Waals surface area contributed by atoms with Crippen molar-refractivity contribution in [3.63, 3.8) is 0 Å². The Kier molecular flexibility index (Phi) is 4.40. The van der Waals surface area contributed by atoms with Gasteiger partial charge in [-0.3, -0.25) is 4.18 Å². The van der Waals surface area contributed by atoms with Crippen molar-refractivity contribution in [2.45, 2.75) is 44.1 Å². The minimum Gasteiger partial charge on any atom is -0.256 e. The molecular formula is C17H22O3S. The summed E-state index contributed by atoms with van der Waals surface area (Å²) in [7, 11) is -3.75. The second-order valence-electron chi connectivity index (χ2n) is 6.01. The van der Waals surface area contributed by atoms with Gasteiger partial charge in [0.25, 0.3) is 10.1 Å². The molecule has 21 heavy (non-hydrogen) atoms. The molecule has 0 spiro atoms. The van der Waals surface area contributed by atoms with Crippen molar-refractivity contribution in [3.05, 3.63) is 54.1 Å². The second kappa shape index (κ2) is 5.78. The van der Waals surface area contributed by atoms with Crippen LogP contribution >= 0.6 is 0 Å². The lowest BCUT2D eigenvalue weighted by Crippen LogP contribution is -2.32. The third kappa shape index (κ3) is 3.83. The minimum atomic E-state index is -3.75. The Morgan fingerprint density at radius 2 is 1.95 bits per heavy atom. The topological polar surface area (TPSA) is 43.4 Å². The molecule has 0 bridgehead atoms. The average Bonchev–Trinajstić information content (AvgIpc) is 2.38. The third-order valence-corrected chi connectivity index (χ3v) is 5.33.